The molecule has 1 aromatic carbocycles. The number of likely N-dealkylation sites (N-methyl/N-ethyl adjacent to an activating group) is 2. The normalized spacial score (nSPS) is 20.7. The third-order valence-corrected chi connectivity index (χ3v) is 3.47. The highest BCUT2D eigenvalue weighted by Gasteiger charge is 2.17. The van der Waals surface area contributed by atoms with Gasteiger partial charge in [0.15, 0.2) is 0 Å². The average molecular weight is 249 g/mol. The lowest BCUT2D eigenvalue weighted by Gasteiger charge is -2.34. The third-order valence-electron chi connectivity index (χ3n) is 3.47. The Labute approximate surface area is 110 Å². The maximum atomic E-state index is 5.18. The van der Waals surface area contributed by atoms with Crippen molar-refractivity contribution in [3.63, 3.8) is 0 Å². The van der Waals surface area contributed by atoms with Gasteiger partial charge >= 0.3 is 0 Å². The fraction of sp³-hybridized carbons (Fsp3) is 0.571. The van der Waals surface area contributed by atoms with Gasteiger partial charge in [-0.2, -0.15) is 0 Å². The van der Waals surface area contributed by atoms with Crippen LogP contribution in [-0.2, 0) is 0 Å². The van der Waals surface area contributed by atoms with Gasteiger partial charge in [0.1, 0.15) is 5.75 Å². The Bertz CT molecular complexity index is 366. The van der Waals surface area contributed by atoms with Crippen LogP contribution in [0.4, 0.5) is 5.69 Å². The standard InChI is InChI=1S/C14H23N3O/c1-16-9-8-15-12(10-16)11-17(2)13-4-6-14(18-3)7-5-13/h4-7,12,15H,8-11H2,1-3H3. The Hall–Kier alpha value is -1.26. The molecule has 100 valence electrons. The molecule has 1 aliphatic rings. The van der Waals surface area contributed by atoms with Gasteiger partial charge in [-0.3, -0.25) is 0 Å². The van der Waals surface area contributed by atoms with Crippen LogP contribution < -0.4 is 15.0 Å². The SMILES string of the molecule is COc1ccc(N(C)CC2CN(C)CCN2)cc1. The number of benzene rings is 1. The fourth-order valence-corrected chi connectivity index (χ4v) is 2.39. The number of methoxy groups -OCH3 is 1. The van der Waals surface area contributed by atoms with Gasteiger partial charge in [0.25, 0.3) is 0 Å². The second-order valence-corrected chi connectivity index (χ2v) is 4.99. The minimum Gasteiger partial charge on any atom is -0.497 e. The van der Waals surface area contributed by atoms with Gasteiger partial charge in [-0.05, 0) is 31.3 Å². The van der Waals surface area contributed by atoms with Gasteiger partial charge < -0.3 is 19.9 Å². The molecule has 2 rings (SSSR count). The van der Waals surface area contributed by atoms with E-state index in [2.05, 4.69) is 41.3 Å². The molecule has 4 heteroatoms. The van der Waals surface area contributed by atoms with E-state index < -0.39 is 0 Å². The maximum absolute atomic E-state index is 5.18. The molecule has 0 radical (unpaired) electrons. The lowest BCUT2D eigenvalue weighted by Crippen LogP contribution is -2.53. The molecule has 0 aliphatic carbocycles. The number of ether oxygens (including phenoxy) is 1. The first-order valence-corrected chi connectivity index (χ1v) is 6.46. The molecule has 0 amide bonds. The van der Waals surface area contributed by atoms with Gasteiger partial charge in [0.2, 0.25) is 0 Å². The second kappa shape index (κ2) is 6.07. The van der Waals surface area contributed by atoms with Gasteiger partial charge in [-0.25, -0.2) is 0 Å². The first-order valence-electron chi connectivity index (χ1n) is 6.46. The number of anilines is 1. The molecule has 1 saturated heterocycles. The number of nitrogens with one attached hydrogen (secondary N) is 1. The van der Waals surface area contributed by atoms with Crippen LogP contribution in [0.25, 0.3) is 0 Å². The zero-order valence-electron chi connectivity index (χ0n) is 11.5. The highest BCUT2D eigenvalue weighted by Crippen LogP contribution is 2.18. The van der Waals surface area contributed by atoms with Crippen LogP contribution in [-0.4, -0.2) is 58.3 Å². The van der Waals surface area contributed by atoms with Crippen LogP contribution in [0.1, 0.15) is 0 Å². The molecule has 1 unspecified atom stereocenters. The number of hydrogen-bond acceptors (Lipinski definition) is 4. The summed E-state index contributed by atoms with van der Waals surface area (Å²) in [4.78, 5) is 4.67. The summed E-state index contributed by atoms with van der Waals surface area (Å²) in [6.45, 7) is 4.36. The largest absolute Gasteiger partial charge is 0.497 e. The van der Waals surface area contributed by atoms with E-state index in [1.165, 1.54) is 5.69 Å². The smallest absolute Gasteiger partial charge is 0.119 e. The van der Waals surface area contributed by atoms with E-state index in [0.717, 1.165) is 31.9 Å². The summed E-state index contributed by atoms with van der Waals surface area (Å²) in [5.41, 5.74) is 1.23. The average Bonchev–Trinajstić information content (AvgIpc) is 2.39. The summed E-state index contributed by atoms with van der Waals surface area (Å²) in [6.07, 6.45) is 0. The van der Waals surface area contributed by atoms with Crippen LogP contribution in [0.15, 0.2) is 24.3 Å². The van der Waals surface area contributed by atoms with Crippen molar-refractivity contribution in [2.45, 2.75) is 6.04 Å². The fourth-order valence-electron chi connectivity index (χ4n) is 2.39. The van der Waals surface area contributed by atoms with Crippen molar-refractivity contribution in [3.8, 4) is 5.75 Å². The summed E-state index contributed by atoms with van der Waals surface area (Å²) in [7, 11) is 6.01. The van der Waals surface area contributed by atoms with Crippen LogP contribution in [0, 0.1) is 0 Å². The molecule has 0 saturated carbocycles. The van der Waals surface area contributed by atoms with Crippen LogP contribution in [0.2, 0.25) is 0 Å². The van der Waals surface area contributed by atoms with E-state index in [9.17, 15) is 0 Å². The monoisotopic (exact) mass is 249 g/mol. The molecular formula is C14H23N3O. The van der Waals surface area contributed by atoms with E-state index in [4.69, 9.17) is 4.74 Å². The van der Waals surface area contributed by atoms with Gasteiger partial charge in [-0.15, -0.1) is 0 Å². The summed E-state index contributed by atoms with van der Waals surface area (Å²) in [5, 5.41) is 3.56. The lowest BCUT2D eigenvalue weighted by atomic mass is 10.2. The van der Waals surface area contributed by atoms with Gasteiger partial charge in [-0.1, -0.05) is 0 Å². The summed E-state index contributed by atoms with van der Waals surface area (Å²) in [5.74, 6) is 0.905. The quantitative estimate of drug-likeness (QED) is 0.863. The number of piperazine rings is 1. The van der Waals surface area contributed by atoms with E-state index in [1.54, 1.807) is 7.11 Å². The van der Waals surface area contributed by atoms with E-state index >= 15 is 0 Å². The van der Waals surface area contributed by atoms with Crippen molar-refractivity contribution in [3.05, 3.63) is 24.3 Å². The predicted octanol–water partition coefficient (Wildman–Crippen LogP) is 1.03. The molecule has 4 nitrogen and oxygen atoms in total. The van der Waals surface area contributed by atoms with Crippen molar-refractivity contribution < 1.29 is 4.74 Å². The van der Waals surface area contributed by atoms with Crippen LogP contribution >= 0.6 is 0 Å². The molecule has 1 atom stereocenters. The van der Waals surface area contributed by atoms with Crippen molar-refractivity contribution >= 4 is 5.69 Å². The third kappa shape index (κ3) is 3.37. The summed E-state index contributed by atoms with van der Waals surface area (Å²) in [6, 6.07) is 8.76. The zero-order valence-corrected chi connectivity index (χ0v) is 11.5. The van der Waals surface area contributed by atoms with E-state index in [-0.39, 0.29) is 0 Å². The van der Waals surface area contributed by atoms with Crippen molar-refractivity contribution in [2.75, 3.05) is 52.3 Å². The maximum Gasteiger partial charge on any atom is 0.119 e. The minimum atomic E-state index is 0.538. The number of hydrogen-bond donors (Lipinski definition) is 1. The molecule has 1 aliphatic heterocycles. The van der Waals surface area contributed by atoms with E-state index in [0.29, 0.717) is 6.04 Å². The summed E-state index contributed by atoms with van der Waals surface area (Å²) >= 11 is 0. The molecule has 18 heavy (non-hydrogen) atoms. The molecule has 1 N–H and O–H groups in total. The Balaban J connectivity index is 1.91. The van der Waals surface area contributed by atoms with Gasteiger partial charge in [0, 0.05) is 45.0 Å². The topological polar surface area (TPSA) is 27.7 Å². The Morgan fingerprint density at radius 1 is 1.39 bits per heavy atom. The molecule has 1 fully saturated rings. The molecule has 0 bridgehead atoms. The molecule has 0 aromatic heterocycles. The molecule has 1 heterocycles. The van der Waals surface area contributed by atoms with Gasteiger partial charge in [0.05, 0.1) is 7.11 Å². The first-order chi connectivity index (χ1) is 8.69. The molecule has 1 aromatic rings. The highest BCUT2D eigenvalue weighted by molar-refractivity contribution is 5.48. The highest BCUT2D eigenvalue weighted by atomic mass is 16.5. The lowest BCUT2D eigenvalue weighted by molar-refractivity contribution is 0.241. The Morgan fingerprint density at radius 3 is 2.72 bits per heavy atom. The molecular weight excluding hydrogens is 226 g/mol. The molecule has 0 spiro atoms. The zero-order chi connectivity index (χ0) is 13.0. The van der Waals surface area contributed by atoms with Crippen LogP contribution in [0.5, 0.6) is 5.75 Å². The second-order valence-electron chi connectivity index (χ2n) is 4.99. The summed E-state index contributed by atoms with van der Waals surface area (Å²) < 4.78 is 5.18. The Morgan fingerprint density at radius 2 is 2.11 bits per heavy atom. The van der Waals surface area contributed by atoms with Crippen molar-refractivity contribution in [1.82, 2.24) is 10.2 Å². The Kier molecular flexibility index (Phi) is 4.44. The van der Waals surface area contributed by atoms with Crippen LogP contribution in [0.3, 0.4) is 0 Å². The van der Waals surface area contributed by atoms with E-state index in [1.807, 2.05) is 12.1 Å². The first kappa shape index (κ1) is 13.2. The minimum absolute atomic E-state index is 0.538. The van der Waals surface area contributed by atoms with Crippen molar-refractivity contribution in [2.24, 2.45) is 0 Å². The number of rotatable bonds is 4. The number of nitrogens with zero attached hydrogens (tertiary/aromatic N) is 2. The van der Waals surface area contributed by atoms with Crippen molar-refractivity contribution in [1.29, 1.82) is 0 Å². The predicted molar refractivity (Wildman–Crippen MR) is 75.6 cm³/mol.